The van der Waals surface area contributed by atoms with Gasteiger partial charge in [-0.2, -0.15) is 13.2 Å². The van der Waals surface area contributed by atoms with Crippen molar-refractivity contribution in [1.82, 2.24) is 0 Å². The quantitative estimate of drug-likeness (QED) is 0.120. The number of nitro benzene ring substituents is 2. The summed E-state index contributed by atoms with van der Waals surface area (Å²) >= 11 is 9.54. The Balaban J connectivity index is 1.58. The summed E-state index contributed by atoms with van der Waals surface area (Å²) in [4.78, 5) is 35.2. The van der Waals surface area contributed by atoms with Crippen LogP contribution in [0.2, 0.25) is 0 Å². The Hall–Kier alpha value is -3.82. The maximum Gasteiger partial charge on any atom is 0.416 e. The Morgan fingerprint density at radius 1 is 1.00 bits per heavy atom. The van der Waals surface area contributed by atoms with Crippen LogP contribution in [0.15, 0.2) is 70.0 Å². The van der Waals surface area contributed by atoms with Gasteiger partial charge in [0.1, 0.15) is 5.75 Å². The van der Waals surface area contributed by atoms with E-state index in [9.17, 15) is 38.2 Å². The molecule has 0 radical (unpaired) electrons. The molecule has 0 aliphatic carbocycles. The molecule has 194 valence electrons. The van der Waals surface area contributed by atoms with E-state index in [4.69, 9.17) is 17.0 Å². The number of amides is 1. The van der Waals surface area contributed by atoms with E-state index < -0.39 is 38.9 Å². The van der Waals surface area contributed by atoms with E-state index in [1.165, 1.54) is 53.4 Å². The zero-order valence-corrected chi connectivity index (χ0v) is 21.7. The fourth-order valence-corrected chi connectivity index (χ4v) is 5.09. The molecule has 0 bridgehead atoms. The van der Waals surface area contributed by atoms with Crippen molar-refractivity contribution in [2.24, 2.45) is 0 Å². The fourth-order valence-electron chi connectivity index (χ4n) is 3.32. The van der Waals surface area contributed by atoms with Crippen LogP contribution in [0.3, 0.4) is 0 Å². The van der Waals surface area contributed by atoms with Crippen LogP contribution in [-0.2, 0) is 11.0 Å². The summed E-state index contributed by atoms with van der Waals surface area (Å²) in [5.74, 6) is -0.805. The van der Waals surface area contributed by atoms with Gasteiger partial charge in [-0.1, -0.05) is 36.1 Å². The molecule has 0 spiro atoms. The minimum Gasteiger partial charge on any atom is -0.449 e. The van der Waals surface area contributed by atoms with Crippen LogP contribution in [0, 0.1) is 20.2 Å². The molecule has 1 saturated heterocycles. The van der Waals surface area contributed by atoms with Crippen molar-refractivity contribution in [3.05, 3.63) is 101 Å². The number of thioether (sulfide) groups is 1. The smallest absolute Gasteiger partial charge is 0.416 e. The Morgan fingerprint density at radius 2 is 1.71 bits per heavy atom. The van der Waals surface area contributed by atoms with E-state index in [0.717, 1.165) is 17.8 Å². The Bertz CT molecular complexity index is 1550. The SMILES string of the molecule is O=C1/C(=C/c2ccc(Oc3ccc(C(F)(F)F)cc3[N+](=O)[O-])c(Br)c2)SC(=S)N1c1cccc([N+](=O)[O-])c1. The molecule has 1 aliphatic heterocycles. The van der Waals surface area contributed by atoms with Gasteiger partial charge in [-0.05, 0) is 57.9 Å². The third-order valence-electron chi connectivity index (χ3n) is 5.05. The molecule has 0 N–H and O–H groups in total. The van der Waals surface area contributed by atoms with E-state index in [-0.39, 0.29) is 26.3 Å². The number of nitrogens with zero attached hydrogens (tertiary/aromatic N) is 3. The van der Waals surface area contributed by atoms with Crippen molar-refractivity contribution >= 4 is 73.3 Å². The van der Waals surface area contributed by atoms with E-state index >= 15 is 0 Å². The molecule has 3 aromatic rings. The van der Waals surface area contributed by atoms with Crippen molar-refractivity contribution in [1.29, 1.82) is 0 Å². The summed E-state index contributed by atoms with van der Waals surface area (Å²) in [6.45, 7) is 0. The van der Waals surface area contributed by atoms with Crippen molar-refractivity contribution < 1.29 is 32.5 Å². The van der Waals surface area contributed by atoms with Gasteiger partial charge in [-0.3, -0.25) is 29.9 Å². The fraction of sp³-hybridized carbons (Fsp3) is 0.0435. The average Bonchev–Trinajstić information content (AvgIpc) is 3.12. The number of anilines is 1. The Kier molecular flexibility index (Phi) is 7.53. The van der Waals surface area contributed by atoms with E-state index in [1.807, 2.05) is 0 Å². The highest BCUT2D eigenvalue weighted by Crippen LogP contribution is 2.41. The number of non-ortho nitro benzene ring substituents is 1. The number of rotatable bonds is 6. The molecule has 0 saturated carbocycles. The molecular formula is C23H11BrF3N3O6S2. The third kappa shape index (κ3) is 5.69. The summed E-state index contributed by atoms with van der Waals surface area (Å²) in [6.07, 6.45) is -3.24. The average molecular weight is 626 g/mol. The van der Waals surface area contributed by atoms with Gasteiger partial charge in [0.25, 0.3) is 11.6 Å². The highest BCUT2D eigenvalue weighted by atomic mass is 79.9. The number of benzene rings is 3. The van der Waals surface area contributed by atoms with Crippen LogP contribution in [0.4, 0.5) is 30.2 Å². The lowest BCUT2D eigenvalue weighted by Gasteiger charge is -2.14. The van der Waals surface area contributed by atoms with Crippen LogP contribution < -0.4 is 9.64 Å². The molecule has 9 nitrogen and oxygen atoms in total. The molecule has 0 atom stereocenters. The van der Waals surface area contributed by atoms with E-state index in [1.54, 1.807) is 0 Å². The van der Waals surface area contributed by atoms with Crippen molar-refractivity contribution in [2.45, 2.75) is 6.18 Å². The zero-order valence-electron chi connectivity index (χ0n) is 18.5. The van der Waals surface area contributed by atoms with Gasteiger partial charge in [0.15, 0.2) is 4.32 Å². The van der Waals surface area contributed by atoms with Crippen molar-refractivity contribution in [2.75, 3.05) is 4.90 Å². The van der Waals surface area contributed by atoms with Gasteiger partial charge in [0.05, 0.1) is 30.5 Å². The lowest BCUT2D eigenvalue weighted by molar-refractivity contribution is -0.385. The van der Waals surface area contributed by atoms with E-state index in [2.05, 4.69) is 15.9 Å². The number of hydrogen-bond donors (Lipinski definition) is 0. The van der Waals surface area contributed by atoms with Crippen molar-refractivity contribution in [3.8, 4) is 11.5 Å². The third-order valence-corrected chi connectivity index (χ3v) is 6.97. The number of thiocarbonyl (C=S) groups is 1. The highest BCUT2D eigenvalue weighted by molar-refractivity contribution is 9.10. The molecule has 1 fully saturated rings. The molecule has 1 amide bonds. The van der Waals surface area contributed by atoms with Crippen LogP contribution in [-0.4, -0.2) is 20.1 Å². The lowest BCUT2D eigenvalue weighted by atomic mass is 10.1. The van der Waals surface area contributed by atoms with Gasteiger partial charge in [0, 0.05) is 18.2 Å². The van der Waals surface area contributed by atoms with Crippen LogP contribution in [0.5, 0.6) is 11.5 Å². The van der Waals surface area contributed by atoms with Crippen molar-refractivity contribution in [3.63, 3.8) is 0 Å². The van der Waals surface area contributed by atoms with Gasteiger partial charge in [0.2, 0.25) is 5.75 Å². The maximum absolute atomic E-state index is 13.0. The second-order valence-corrected chi connectivity index (χ2v) is 10.1. The lowest BCUT2D eigenvalue weighted by Crippen LogP contribution is -2.27. The van der Waals surface area contributed by atoms with Gasteiger partial charge in [-0.15, -0.1) is 0 Å². The summed E-state index contributed by atoms with van der Waals surface area (Å²) in [5.41, 5.74) is -1.50. The Labute approximate surface area is 229 Å². The molecule has 0 aromatic heterocycles. The first-order chi connectivity index (χ1) is 17.8. The first kappa shape index (κ1) is 27.2. The number of hydrogen-bond acceptors (Lipinski definition) is 8. The molecule has 0 unspecified atom stereocenters. The number of alkyl halides is 3. The molecule has 15 heteroatoms. The number of carbonyl (C=O) groups is 1. The molecule has 3 aromatic carbocycles. The van der Waals surface area contributed by atoms with Crippen LogP contribution in [0.1, 0.15) is 11.1 Å². The monoisotopic (exact) mass is 625 g/mol. The predicted molar refractivity (Wildman–Crippen MR) is 141 cm³/mol. The first-order valence-electron chi connectivity index (χ1n) is 10.2. The Morgan fingerprint density at radius 3 is 2.34 bits per heavy atom. The second kappa shape index (κ2) is 10.5. The predicted octanol–water partition coefficient (Wildman–Crippen LogP) is 7.48. The van der Waals surface area contributed by atoms with Gasteiger partial charge >= 0.3 is 11.9 Å². The summed E-state index contributed by atoms with van der Waals surface area (Å²) < 4.78 is 44.8. The molecular weight excluding hydrogens is 615 g/mol. The maximum atomic E-state index is 13.0. The normalized spacial score (nSPS) is 14.7. The minimum absolute atomic E-state index is 0.0779. The first-order valence-corrected chi connectivity index (χ1v) is 12.2. The molecule has 4 rings (SSSR count). The van der Waals surface area contributed by atoms with Crippen LogP contribution >= 0.6 is 39.9 Å². The van der Waals surface area contributed by atoms with Gasteiger partial charge < -0.3 is 4.74 Å². The molecule has 1 heterocycles. The number of ether oxygens (including phenoxy) is 1. The second-order valence-electron chi connectivity index (χ2n) is 7.52. The standard InChI is InChI=1S/C23H11BrF3N3O6S2/c24-16-8-12(4-6-18(16)36-19-7-5-13(23(25,26)27)10-17(19)30(34)35)9-20-21(31)28(22(37)38-20)14-2-1-3-15(11-14)29(32)33/h1-11H/b20-9-. The zero-order chi connectivity index (χ0) is 27.8. The summed E-state index contributed by atoms with van der Waals surface area (Å²) in [5, 5.41) is 22.4. The number of halogens is 4. The van der Waals surface area contributed by atoms with E-state index in [0.29, 0.717) is 22.2 Å². The summed E-state index contributed by atoms with van der Waals surface area (Å²) in [7, 11) is 0. The van der Waals surface area contributed by atoms with Gasteiger partial charge in [-0.25, -0.2) is 0 Å². The molecule has 1 aliphatic rings. The number of carbonyl (C=O) groups excluding carboxylic acids is 1. The molecule has 38 heavy (non-hydrogen) atoms. The minimum atomic E-state index is -4.76. The summed E-state index contributed by atoms with van der Waals surface area (Å²) in [6, 6.07) is 11.9. The largest absolute Gasteiger partial charge is 0.449 e. The van der Waals surface area contributed by atoms with Crippen LogP contribution in [0.25, 0.3) is 6.08 Å². The highest BCUT2D eigenvalue weighted by Gasteiger charge is 2.35. The number of nitro groups is 2. The topological polar surface area (TPSA) is 116 Å².